The summed E-state index contributed by atoms with van der Waals surface area (Å²) >= 11 is 0. The lowest BCUT2D eigenvalue weighted by Gasteiger charge is -2.42. The number of para-hydroxylation sites is 1. The number of ether oxygens (including phenoxy) is 1. The number of quaternary nitrogens is 1. The Morgan fingerprint density at radius 2 is 1.58 bits per heavy atom. The highest BCUT2D eigenvalue weighted by atomic mass is 16.5. The highest BCUT2D eigenvalue weighted by Gasteiger charge is 2.31. The normalized spacial score (nSPS) is 18.1. The second-order valence-electron chi connectivity index (χ2n) is 7.42. The van der Waals surface area contributed by atoms with Crippen molar-refractivity contribution in [1.29, 1.82) is 0 Å². The molecule has 0 bridgehead atoms. The van der Waals surface area contributed by atoms with Crippen molar-refractivity contribution < 1.29 is 9.22 Å². The molecule has 24 heavy (non-hydrogen) atoms. The molecule has 3 rings (SSSR count). The van der Waals surface area contributed by atoms with Crippen LogP contribution in [0.3, 0.4) is 0 Å². The number of hydrogen-bond donors (Lipinski definition) is 0. The minimum atomic E-state index is 0.537. The Morgan fingerprint density at radius 3 is 2.33 bits per heavy atom. The van der Waals surface area contributed by atoms with Crippen molar-refractivity contribution in [3.63, 3.8) is 0 Å². The Labute approximate surface area is 146 Å². The van der Waals surface area contributed by atoms with Crippen molar-refractivity contribution in [1.82, 2.24) is 0 Å². The van der Waals surface area contributed by atoms with Crippen LogP contribution < -0.4 is 4.74 Å². The van der Waals surface area contributed by atoms with E-state index in [-0.39, 0.29) is 0 Å². The molecule has 0 amide bonds. The van der Waals surface area contributed by atoms with Crippen LogP contribution in [0.25, 0.3) is 0 Å². The Balaban J connectivity index is 1.65. The van der Waals surface area contributed by atoms with Gasteiger partial charge < -0.3 is 9.22 Å². The number of hydrogen-bond acceptors (Lipinski definition) is 1. The van der Waals surface area contributed by atoms with Crippen LogP contribution in [-0.4, -0.2) is 37.3 Å². The van der Waals surface area contributed by atoms with E-state index in [2.05, 4.69) is 68.6 Å². The molecule has 0 aromatic heterocycles. The van der Waals surface area contributed by atoms with Crippen molar-refractivity contribution in [3.05, 3.63) is 65.7 Å². The summed E-state index contributed by atoms with van der Waals surface area (Å²) in [6.07, 6.45) is 5.02. The van der Waals surface area contributed by atoms with Crippen molar-refractivity contribution in [2.24, 2.45) is 0 Å². The molecule has 0 N–H and O–H groups in total. The Hall–Kier alpha value is -1.80. The zero-order valence-electron chi connectivity index (χ0n) is 15.1. The lowest BCUT2D eigenvalue weighted by molar-refractivity contribution is -0.935. The van der Waals surface area contributed by atoms with Gasteiger partial charge in [0.2, 0.25) is 0 Å². The Kier molecular flexibility index (Phi) is 5.57. The average Bonchev–Trinajstić information content (AvgIpc) is 2.62. The Morgan fingerprint density at radius 1 is 0.917 bits per heavy atom. The molecule has 0 spiro atoms. The summed E-state index contributed by atoms with van der Waals surface area (Å²) in [6, 6.07) is 19.6. The topological polar surface area (TPSA) is 9.23 Å². The zero-order valence-corrected chi connectivity index (χ0v) is 15.1. The van der Waals surface area contributed by atoms with E-state index < -0.39 is 0 Å². The standard InChI is InChI=1S/C22H30NO/c1-19(23(2)15-9-4-10-16-23)18-24-22-14-8-7-13-21(22)17-20-11-5-3-6-12-20/h3,5-8,11-14,19H,4,9-10,15-18H2,1-2H3/q+1. The van der Waals surface area contributed by atoms with E-state index in [0.29, 0.717) is 6.04 Å². The maximum absolute atomic E-state index is 6.27. The van der Waals surface area contributed by atoms with Gasteiger partial charge in [-0.05, 0) is 43.4 Å². The maximum Gasteiger partial charge on any atom is 0.140 e. The predicted octanol–water partition coefficient (Wildman–Crippen LogP) is 4.68. The Bertz CT molecular complexity index is 631. The fourth-order valence-electron chi connectivity index (χ4n) is 3.67. The molecule has 2 heteroatoms. The number of likely N-dealkylation sites (tertiary alicyclic amines) is 1. The molecule has 0 radical (unpaired) electrons. The fourth-order valence-corrected chi connectivity index (χ4v) is 3.67. The van der Waals surface area contributed by atoms with Crippen LogP contribution in [0.5, 0.6) is 5.75 Å². The summed E-state index contributed by atoms with van der Waals surface area (Å²) in [4.78, 5) is 0. The minimum Gasteiger partial charge on any atom is -0.487 e. The smallest absolute Gasteiger partial charge is 0.140 e. The summed E-state index contributed by atoms with van der Waals surface area (Å²) in [7, 11) is 2.39. The molecule has 128 valence electrons. The van der Waals surface area contributed by atoms with Gasteiger partial charge in [-0.2, -0.15) is 0 Å². The van der Waals surface area contributed by atoms with Crippen LogP contribution in [0.15, 0.2) is 54.6 Å². The minimum absolute atomic E-state index is 0.537. The van der Waals surface area contributed by atoms with Crippen molar-refractivity contribution in [2.75, 3.05) is 26.7 Å². The molecule has 0 saturated carbocycles. The highest BCUT2D eigenvalue weighted by Crippen LogP contribution is 2.24. The van der Waals surface area contributed by atoms with Gasteiger partial charge in [-0.1, -0.05) is 48.5 Å². The molecule has 1 fully saturated rings. The lowest BCUT2D eigenvalue weighted by atomic mass is 10.0. The van der Waals surface area contributed by atoms with E-state index in [4.69, 9.17) is 4.74 Å². The quantitative estimate of drug-likeness (QED) is 0.701. The number of nitrogens with zero attached hydrogens (tertiary/aromatic N) is 1. The van der Waals surface area contributed by atoms with Gasteiger partial charge in [0.1, 0.15) is 18.4 Å². The van der Waals surface area contributed by atoms with Crippen LogP contribution in [-0.2, 0) is 6.42 Å². The van der Waals surface area contributed by atoms with E-state index in [0.717, 1.165) is 23.3 Å². The second kappa shape index (κ2) is 7.85. The molecular formula is C22H30NO+. The summed E-state index contributed by atoms with van der Waals surface area (Å²) < 4.78 is 7.43. The van der Waals surface area contributed by atoms with Crippen molar-refractivity contribution in [2.45, 2.75) is 38.6 Å². The molecule has 1 atom stereocenters. The summed E-state index contributed by atoms with van der Waals surface area (Å²) in [5.41, 5.74) is 2.61. The van der Waals surface area contributed by atoms with E-state index in [9.17, 15) is 0 Å². The largest absolute Gasteiger partial charge is 0.487 e. The van der Waals surface area contributed by atoms with Gasteiger partial charge in [-0.15, -0.1) is 0 Å². The molecule has 1 heterocycles. The molecule has 1 aliphatic heterocycles. The third-order valence-corrected chi connectivity index (χ3v) is 5.59. The van der Waals surface area contributed by atoms with Crippen molar-refractivity contribution in [3.8, 4) is 5.75 Å². The number of benzene rings is 2. The third kappa shape index (κ3) is 4.18. The number of piperidine rings is 1. The number of rotatable bonds is 6. The average molecular weight is 324 g/mol. The molecule has 1 aliphatic rings. The van der Waals surface area contributed by atoms with Crippen LogP contribution in [0.4, 0.5) is 0 Å². The summed E-state index contributed by atoms with van der Waals surface area (Å²) in [5.74, 6) is 1.04. The second-order valence-corrected chi connectivity index (χ2v) is 7.42. The molecule has 2 aromatic rings. The zero-order chi connectivity index (χ0) is 16.8. The first-order chi connectivity index (χ1) is 11.7. The van der Waals surface area contributed by atoms with Gasteiger partial charge in [0, 0.05) is 6.42 Å². The van der Waals surface area contributed by atoms with Gasteiger partial charge in [0.15, 0.2) is 0 Å². The van der Waals surface area contributed by atoms with Gasteiger partial charge in [0.05, 0.1) is 20.1 Å². The van der Waals surface area contributed by atoms with Gasteiger partial charge in [-0.3, -0.25) is 0 Å². The van der Waals surface area contributed by atoms with Crippen LogP contribution >= 0.6 is 0 Å². The molecule has 1 saturated heterocycles. The first kappa shape index (κ1) is 17.0. The SMILES string of the molecule is CC(COc1ccccc1Cc1ccccc1)[N+]1(C)CCCCC1. The van der Waals surface area contributed by atoms with E-state index in [1.807, 2.05) is 0 Å². The highest BCUT2D eigenvalue weighted by molar-refractivity contribution is 5.37. The molecule has 2 nitrogen and oxygen atoms in total. The third-order valence-electron chi connectivity index (χ3n) is 5.59. The molecule has 0 aliphatic carbocycles. The first-order valence-electron chi connectivity index (χ1n) is 9.26. The van der Waals surface area contributed by atoms with Crippen LogP contribution in [0.2, 0.25) is 0 Å². The van der Waals surface area contributed by atoms with Crippen LogP contribution in [0.1, 0.15) is 37.3 Å². The lowest BCUT2D eigenvalue weighted by Crippen LogP contribution is -2.55. The van der Waals surface area contributed by atoms with E-state index in [1.54, 1.807) is 0 Å². The summed E-state index contributed by atoms with van der Waals surface area (Å²) in [6.45, 7) is 5.71. The van der Waals surface area contributed by atoms with E-state index >= 15 is 0 Å². The van der Waals surface area contributed by atoms with E-state index in [1.165, 1.54) is 43.5 Å². The van der Waals surface area contributed by atoms with Gasteiger partial charge >= 0.3 is 0 Å². The van der Waals surface area contributed by atoms with Crippen LogP contribution in [0, 0.1) is 0 Å². The predicted molar refractivity (Wildman–Crippen MR) is 100 cm³/mol. The van der Waals surface area contributed by atoms with Crippen molar-refractivity contribution >= 4 is 0 Å². The number of likely N-dealkylation sites (N-methyl/N-ethyl adjacent to an activating group) is 1. The maximum atomic E-state index is 6.27. The monoisotopic (exact) mass is 324 g/mol. The fraction of sp³-hybridized carbons (Fsp3) is 0.455. The molecular weight excluding hydrogens is 294 g/mol. The molecule has 1 unspecified atom stereocenters. The van der Waals surface area contributed by atoms with Gasteiger partial charge in [0.25, 0.3) is 0 Å². The van der Waals surface area contributed by atoms with Gasteiger partial charge in [-0.25, -0.2) is 0 Å². The first-order valence-corrected chi connectivity index (χ1v) is 9.26. The summed E-state index contributed by atoms with van der Waals surface area (Å²) in [5, 5.41) is 0. The molecule has 2 aromatic carbocycles.